The predicted octanol–water partition coefficient (Wildman–Crippen LogP) is -0.444. The highest BCUT2D eigenvalue weighted by Gasteiger charge is 2.04. The lowest BCUT2D eigenvalue weighted by Crippen LogP contribution is -2.18. The lowest BCUT2D eigenvalue weighted by Gasteiger charge is -2.10. The summed E-state index contributed by atoms with van der Waals surface area (Å²) in [6.45, 7) is 0. The van der Waals surface area contributed by atoms with Crippen molar-refractivity contribution < 1.29 is 4.94 Å². The molecule has 0 aromatic carbocycles. The molecule has 6 heteroatoms. The van der Waals surface area contributed by atoms with Crippen molar-refractivity contribution in [2.45, 2.75) is 0 Å². The summed E-state index contributed by atoms with van der Waals surface area (Å²) in [5, 5.41) is 0. The third-order valence-corrected chi connectivity index (χ3v) is 0.856. The van der Waals surface area contributed by atoms with Crippen molar-refractivity contribution in [1.82, 2.24) is 15.0 Å². The largest absolute Gasteiger partial charge is 0.253 e. The van der Waals surface area contributed by atoms with Crippen molar-refractivity contribution in [1.29, 1.82) is 0 Å². The fourth-order valence-corrected chi connectivity index (χ4v) is 0.511. The summed E-state index contributed by atoms with van der Waals surface area (Å²) in [6.07, 6.45) is 1.39. The Hall–Kier alpha value is -1.43. The summed E-state index contributed by atoms with van der Waals surface area (Å²) in [5.41, 5.74) is 4.82. The minimum absolute atomic E-state index is 0.416. The monoisotopic (exact) mass is 125 g/mol. The van der Waals surface area contributed by atoms with E-state index in [0.29, 0.717) is 11.9 Å². The number of hydrogen-bond acceptors (Lipinski definition) is 6. The molecule has 9 heavy (non-hydrogen) atoms. The molecule has 1 aliphatic heterocycles. The van der Waals surface area contributed by atoms with Gasteiger partial charge in [-0.1, -0.05) is 0 Å². The third kappa shape index (κ3) is 0.646. The molecule has 0 saturated carbocycles. The van der Waals surface area contributed by atoms with Gasteiger partial charge in [0.25, 0.3) is 11.9 Å². The molecular formula is C3H3N5O. The summed E-state index contributed by atoms with van der Waals surface area (Å²) in [5.74, 6) is 0.831. The van der Waals surface area contributed by atoms with Crippen LogP contribution in [-0.2, 0) is 4.94 Å². The van der Waals surface area contributed by atoms with Crippen molar-refractivity contribution in [3.05, 3.63) is 6.33 Å². The van der Waals surface area contributed by atoms with Crippen LogP contribution in [0.5, 0.6) is 0 Å². The Kier molecular flexibility index (Phi) is 0.753. The van der Waals surface area contributed by atoms with Gasteiger partial charge in [-0.15, -0.1) is 0 Å². The van der Waals surface area contributed by atoms with E-state index in [1.165, 1.54) is 6.33 Å². The highest BCUT2D eigenvalue weighted by atomic mass is 16.8. The Bertz CT molecular complexity index is 206. The molecule has 6 nitrogen and oxygen atoms in total. The molecule has 1 aromatic rings. The molecule has 1 aromatic heterocycles. The average molecular weight is 125 g/mol. The molecule has 0 saturated heterocycles. The quantitative estimate of drug-likeness (QED) is 0.489. The van der Waals surface area contributed by atoms with Crippen LogP contribution in [0.1, 0.15) is 0 Å². The number of nitrogens with zero attached hydrogens (tertiary/aromatic N) is 3. The van der Waals surface area contributed by atoms with Gasteiger partial charge >= 0.3 is 0 Å². The van der Waals surface area contributed by atoms with Crippen LogP contribution in [0.2, 0.25) is 0 Å². The van der Waals surface area contributed by atoms with Crippen LogP contribution in [0.15, 0.2) is 6.33 Å². The molecule has 1 aliphatic rings. The van der Waals surface area contributed by atoms with E-state index >= 15 is 0 Å². The summed E-state index contributed by atoms with van der Waals surface area (Å²) in [6, 6.07) is 0. The second-order valence-corrected chi connectivity index (χ2v) is 1.44. The second kappa shape index (κ2) is 1.52. The highest BCUT2D eigenvalue weighted by molar-refractivity contribution is 5.32. The number of aromatic nitrogens is 3. The first kappa shape index (κ1) is 4.45. The summed E-state index contributed by atoms with van der Waals surface area (Å²) < 4.78 is 0. The first-order valence-corrected chi connectivity index (χ1v) is 2.32. The van der Waals surface area contributed by atoms with E-state index in [-0.39, 0.29) is 0 Å². The van der Waals surface area contributed by atoms with E-state index in [4.69, 9.17) is 0 Å². The zero-order chi connectivity index (χ0) is 6.10. The summed E-state index contributed by atoms with van der Waals surface area (Å²) in [4.78, 5) is 15.8. The molecule has 2 N–H and O–H groups in total. The number of rotatable bonds is 0. The van der Waals surface area contributed by atoms with Crippen LogP contribution in [0.25, 0.3) is 0 Å². The van der Waals surface area contributed by atoms with Gasteiger partial charge in [0.15, 0.2) is 0 Å². The number of nitrogens with one attached hydrogen (secondary N) is 2. The fraction of sp³-hybridized carbons (Fsp3) is 0. The Balaban J connectivity index is 2.53. The van der Waals surface area contributed by atoms with Gasteiger partial charge in [-0.25, -0.2) is 11.0 Å². The maximum Gasteiger partial charge on any atom is 0.253 e. The van der Waals surface area contributed by atoms with Crippen LogP contribution < -0.4 is 11.0 Å². The van der Waals surface area contributed by atoms with Crippen LogP contribution in [0.3, 0.4) is 0 Å². The maximum absolute atomic E-state index is 4.56. The second-order valence-electron chi connectivity index (χ2n) is 1.44. The summed E-state index contributed by atoms with van der Waals surface area (Å²) >= 11 is 0. The maximum atomic E-state index is 4.56. The Morgan fingerprint density at radius 3 is 2.44 bits per heavy atom. The molecule has 0 spiro atoms. The summed E-state index contributed by atoms with van der Waals surface area (Å²) in [7, 11) is 0. The van der Waals surface area contributed by atoms with Gasteiger partial charge in [0.2, 0.25) is 0 Å². The Morgan fingerprint density at radius 1 is 1.22 bits per heavy atom. The molecule has 46 valence electrons. The van der Waals surface area contributed by atoms with Crippen molar-refractivity contribution in [3.8, 4) is 0 Å². The van der Waals surface area contributed by atoms with Crippen molar-refractivity contribution in [3.63, 3.8) is 0 Å². The molecule has 0 radical (unpaired) electrons. The zero-order valence-electron chi connectivity index (χ0n) is 4.33. The first-order valence-electron chi connectivity index (χ1n) is 2.32. The molecule has 2 heterocycles. The van der Waals surface area contributed by atoms with Crippen LogP contribution in [-0.4, -0.2) is 15.0 Å². The molecule has 0 atom stereocenters. The van der Waals surface area contributed by atoms with Gasteiger partial charge in [-0.05, 0) is 0 Å². The van der Waals surface area contributed by atoms with Gasteiger partial charge < -0.3 is 0 Å². The smallest absolute Gasteiger partial charge is 0.207 e. The molecule has 0 aliphatic carbocycles. The van der Waals surface area contributed by atoms with Gasteiger partial charge in [-0.3, -0.25) is 0 Å². The number of anilines is 2. The van der Waals surface area contributed by atoms with Crippen molar-refractivity contribution in [2.24, 2.45) is 0 Å². The minimum Gasteiger partial charge on any atom is -0.207 e. The van der Waals surface area contributed by atoms with E-state index < -0.39 is 0 Å². The Morgan fingerprint density at radius 2 is 1.89 bits per heavy atom. The normalized spacial score (nSPS) is 13.8. The van der Waals surface area contributed by atoms with Gasteiger partial charge in [0.1, 0.15) is 6.33 Å². The number of hydrogen-bond donors (Lipinski definition) is 2. The molecular weight excluding hydrogens is 122 g/mol. The van der Waals surface area contributed by atoms with E-state index in [9.17, 15) is 0 Å². The predicted molar refractivity (Wildman–Crippen MR) is 28.2 cm³/mol. The van der Waals surface area contributed by atoms with E-state index in [1.54, 1.807) is 0 Å². The molecule has 2 rings (SSSR count). The average Bonchev–Trinajstić information content (AvgIpc) is 1.88. The number of fused-ring (bicyclic) bond motifs is 2. The van der Waals surface area contributed by atoms with Crippen molar-refractivity contribution in [2.75, 3.05) is 11.0 Å². The van der Waals surface area contributed by atoms with Crippen LogP contribution in [0, 0.1) is 0 Å². The standard InChI is InChI=1S/C3H3N5O/c1-4-2-6-3(5-1)8-9-7-2/h1H,(H2,4,5,6,7,8). The SMILES string of the molecule is c1nc2nc(n1)NON2. The molecule has 2 bridgehead atoms. The lowest BCUT2D eigenvalue weighted by atomic mass is 10.9. The topological polar surface area (TPSA) is 72.0 Å². The first-order chi connectivity index (χ1) is 4.45. The highest BCUT2D eigenvalue weighted by Crippen LogP contribution is 2.05. The minimum atomic E-state index is 0.416. The van der Waals surface area contributed by atoms with Gasteiger partial charge in [-0.2, -0.15) is 19.9 Å². The lowest BCUT2D eigenvalue weighted by molar-refractivity contribution is 0.247. The van der Waals surface area contributed by atoms with E-state index in [2.05, 4.69) is 30.9 Å². The Labute approximate surface area is 50.2 Å². The van der Waals surface area contributed by atoms with Crippen molar-refractivity contribution >= 4 is 11.9 Å². The third-order valence-electron chi connectivity index (χ3n) is 0.856. The van der Waals surface area contributed by atoms with Gasteiger partial charge in [0, 0.05) is 0 Å². The molecule has 0 unspecified atom stereocenters. The zero-order valence-corrected chi connectivity index (χ0v) is 4.33. The van der Waals surface area contributed by atoms with E-state index in [1.807, 2.05) is 0 Å². The van der Waals surface area contributed by atoms with Gasteiger partial charge in [0.05, 0.1) is 0 Å². The van der Waals surface area contributed by atoms with Crippen LogP contribution in [0.4, 0.5) is 11.9 Å². The van der Waals surface area contributed by atoms with Crippen LogP contribution >= 0.6 is 0 Å². The van der Waals surface area contributed by atoms with E-state index in [0.717, 1.165) is 0 Å². The fourth-order valence-electron chi connectivity index (χ4n) is 0.511. The molecule has 0 fully saturated rings. The molecule has 0 amide bonds.